The Labute approximate surface area is 121 Å². The molecular weight excluding hydrogens is 246 g/mol. The van der Waals surface area contributed by atoms with E-state index >= 15 is 0 Å². The molecular formula is C18H23NO. The Balaban J connectivity index is 1.68. The molecule has 1 aromatic heterocycles. The summed E-state index contributed by atoms with van der Waals surface area (Å²) < 4.78 is 5.42. The molecule has 2 nitrogen and oxygen atoms in total. The van der Waals surface area contributed by atoms with Gasteiger partial charge in [0.2, 0.25) is 0 Å². The molecule has 1 fully saturated rings. The van der Waals surface area contributed by atoms with E-state index in [-0.39, 0.29) is 0 Å². The van der Waals surface area contributed by atoms with Crippen LogP contribution in [0.1, 0.15) is 54.5 Å². The van der Waals surface area contributed by atoms with Gasteiger partial charge in [0.25, 0.3) is 0 Å². The molecule has 20 heavy (non-hydrogen) atoms. The largest absolute Gasteiger partial charge is 0.469 e. The van der Waals surface area contributed by atoms with Crippen LogP contribution in [0.4, 0.5) is 0 Å². The molecule has 0 spiro atoms. The standard InChI is InChI=1S/C18H23NO/c1-19-18(11-10-17-9-4-12-20-17)16-8-3-7-15(13-16)14-5-2-6-14/h3-4,7-9,12-14,18-19H,2,5-6,10-11H2,1H3. The summed E-state index contributed by atoms with van der Waals surface area (Å²) in [7, 11) is 2.04. The van der Waals surface area contributed by atoms with E-state index in [0.29, 0.717) is 6.04 Å². The highest BCUT2D eigenvalue weighted by molar-refractivity contribution is 5.29. The molecule has 3 rings (SSSR count). The first-order chi connectivity index (χ1) is 9.86. The second kappa shape index (κ2) is 6.27. The Morgan fingerprint density at radius 1 is 1.25 bits per heavy atom. The maximum Gasteiger partial charge on any atom is 0.103 e. The third-order valence-corrected chi connectivity index (χ3v) is 4.50. The third-order valence-electron chi connectivity index (χ3n) is 4.50. The summed E-state index contributed by atoms with van der Waals surface area (Å²) in [5.41, 5.74) is 2.93. The minimum absolute atomic E-state index is 0.403. The van der Waals surface area contributed by atoms with E-state index < -0.39 is 0 Å². The number of hydrogen-bond acceptors (Lipinski definition) is 2. The van der Waals surface area contributed by atoms with Gasteiger partial charge in [-0.05, 0) is 55.5 Å². The lowest BCUT2D eigenvalue weighted by atomic mass is 9.79. The first-order valence-electron chi connectivity index (χ1n) is 7.66. The maximum absolute atomic E-state index is 5.42. The van der Waals surface area contributed by atoms with Crippen molar-refractivity contribution in [2.24, 2.45) is 0 Å². The highest BCUT2D eigenvalue weighted by atomic mass is 16.3. The van der Waals surface area contributed by atoms with E-state index in [4.69, 9.17) is 4.42 Å². The molecule has 1 aromatic carbocycles. The molecule has 0 amide bonds. The van der Waals surface area contributed by atoms with Crippen LogP contribution >= 0.6 is 0 Å². The van der Waals surface area contributed by atoms with Gasteiger partial charge in [0.15, 0.2) is 0 Å². The number of aryl methyl sites for hydroxylation is 1. The van der Waals surface area contributed by atoms with E-state index in [9.17, 15) is 0 Å². The monoisotopic (exact) mass is 269 g/mol. The van der Waals surface area contributed by atoms with Crippen LogP contribution in [0, 0.1) is 0 Å². The molecule has 106 valence electrons. The molecule has 1 N–H and O–H groups in total. The molecule has 0 saturated heterocycles. The lowest BCUT2D eigenvalue weighted by Crippen LogP contribution is -2.18. The minimum Gasteiger partial charge on any atom is -0.469 e. The number of hydrogen-bond donors (Lipinski definition) is 1. The normalized spacial score (nSPS) is 16.9. The average Bonchev–Trinajstić information content (AvgIpc) is 2.91. The summed E-state index contributed by atoms with van der Waals surface area (Å²) in [6.45, 7) is 0. The fourth-order valence-electron chi connectivity index (χ4n) is 2.99. The lowest BCUT2D eigenvalue weighted by molar-refractivity contribution is 0.418. The van der Waals surface area contributed by atoms with E-state index in [1.165, 1.54) is 30.4 Å². The summed E-state index contributed by atoms with van der Waals surface area (Å²) in [6.07, 6.45) is 7.91. The zero-order valence-corrected chi connectivity index (χ0v) is 12.1. The first kappa shape index (κ1) is 13.4. The van der Waals surface area contributed by atoms with Gasteiger partial charge < -0.3 is 9.73 Å². The number of nitrogens with one attached hydrogen (secondary N) is 1. The summed E-state index contributed by atoms with van der Waals surface area (Å²) in [6, 6.07) is 13.5. The summed E-state index contributed by atoms with van der Waals surface area (Å²) in [5.74, 6) is 1.87. The van der Waals surface area contributed by atoms with Crippen LogP contribution in [-0.4, -0.2) is 7.05 Å². The van der Waals surface area contributed by atoms with Crippen molar-refractivity contribution in [1.29, 1.82) is 0 Å². The van der Waals surface area contributed by atoms with Crippen molar-refractivity contribution in [1.82, 2.24) is 5.32 Å². The first-order valence-corrected chi connectivity index (χ1v) is 7.66. The molecule has 1 unspecified atom stereocenters. The van der Waals surface area contributed by atoms with Crippen LogP contribution in [0.2, 0.25) is 0 Å². The van der Waals surface area contributed by atoms with Crippen LogP contribution in [0.5, 0.6) is 0 Å². The van der Waals surface area contributed by atoms with Gasteiger partial charge >= 0.3 is 0 Å². The Kier molecular flexibility index (Phi) is 4.22. The average molecular weight is 269 g/mol. The zero-order valence-electron chi connectivity index (χ0n) is 12.1. The molecule has 1 aliphatic carbocycles. The summed E-state index contributed by atoms with van der Waals surface area (Å²) >= 11 is 0. The van der Waals surface area contributed by atoms with Gasteiger partial charge in [-0.15, -0.1) is 0 Å². The molecule has 0 bridgehead atoms. The van der Waals surface area contributed by atoms with E-state index in [1.807, 2.05) is 13.1 Å². The van der Waals surface area contributed by atoms with Gasteiger partial charge in [0.1, 0.15) is 5.76 Å². The lowest BCUT2D eigenvalue weighted by Gasteiger charge is -2.27. The maximum atomic E-state index is 5.42. The van der Waals surface area contributed by atoms with Crippen molar-refractivity contribution in [2.75, 3.05) is 7.05 Å². The van der Waals surface area contributed by atoms with E-state index in [0.717, 1.165) is 24.5 Å². The van der Waals surface area contributed by atoms with Crippen molar-refractivity contribution < 1.29 is 4.42 Å². The molecule has 1 saturated carbocycles. The number of benzene rings is 1. The van der Waals surface area contributed by atoms with Crippen LogP contribution in [0.25, 0.3) is 0 Å². The second-order valence-corrected chi connectivity index (χ2v) is 5.76. The van der Waals surface area contributed by atoms with E-state index in [2.05, 4.69) is 35.6 Å². The van der Waals surface area contributed by atoms with Crippen molar-refractivity contribution >= 4 is 0 Å². The van der Waals surface area contributed by atoms with E-state index in [1.54, 1.807) is 6.26 Å². The van der Waals surface area contributed by atoms with Crippen LogP contribution < -0.4 is 5.32 Å². The predicted octanol–water partition coefficient (Wildman–Crippen LogP) is 4.44. The Bertz CT molecular complexity index is 528. The van der Waals surface area contributed by atoms with Gasteiger partial charge in [-0.3, -0.25) is 0 Å². The summed E-state index contributed by atoms with van der Waals surface area (Å²) in [5, 5.41) is 3.44. The second-order valence-electron chi connectivity index (χ2n) is 5.76. The quantitative estimate of drug-likeness (QED) is 0.838. The van der Waals surface area contributed by atoms with Crippen LogP contribution in [-0.2, 0) is 6.42 Å². The highest BCUT2D eigenvalue weighted by Gasteiger charge is 2.20. The Hall–Kier alpha value is -1.54. The van der Waals surface area contributed by atoms with Gasteiger partial charge in [-0.1, -0.05) is 30.7 Å². The van der Waals surface area contributed by atoms with Crippen molar-refractivity contribution in [3.05, 3.63) is 59.5 Å². The van der Waals surface area contributed by atoms with Crippen molar-refractivity contribution in [3.63, 3.8) is 0 Å². The fraction of sp³-hybridized carbons (Fsp3) is 0.444. The third kappa shape index (κ3) is 2.96. The summed E-state index contributed by atoms with van der Waals surface area (Å²) in [4.78, 5) is 0. The molecule has 0 radical (unpaired) electrons. The molecule has 1 heterocycles. The minimum atomic E-state index is 0.403. The highest BCUT2D eigenvalue weighted by Crippen LogP contribution is 2.37. The smallest absolute Gasteiger partial charge is 0.103 e. The number of furan rings is 1. The predicted molar refractivity (Wildman–Crippen MR) is 81.9 cm³/mol. The molecule has 2 heteroatoms. The van der Waals surface area contributed by atoms with Gasteiger partial charge in [-0.25, -0.2) is 0 Å². The van der Waals surface area contributed by atoms with Crippen LogP contribution in [0.15, 0.2) is 47.1 Å². The Morgan fingerprint density at radius 3 is 2.80 bits per heavy atom. The SMILES string of the molecule is CNC(CCc1ccco1)c1cccc(C2CCC2)c1. The number of rotatable bonds is 6. The van der Waals surface area contributed by atoms with Crippen molar-refractivity contribution in [3.8, 4) is 0 Å². The molecule has 1 aliphatic rings. The van der Waals surface area contributed by atoms with Crippen LogP contribution in [0.3, 0.4) is 0 Å². The fourth-order valence-corrected chi connectivity index (χ4v) is 2.99. The topological polar surface area (TPSA) is 25.2 Å². The van der Waals surface area contributed by atoms with Crippen molar-refractivity contribution in [2.45, 2.75) is 44.1 Å². The molecule has 1 atom stereocenters. The Morgan fingerprint density at radius 2 is 2.15 bits per heavy atom. The molecule has 0 aliphatic heterocycles. The van der Waals surface area contributed by atoms with Gasteiger partial charge in [0, 0.05) is 12.5 Å². The van der Waals surface area contributed by atoms with Gasteiger partial charge in [-0.2, -0.15) is 0 Å². The zero-order chi connectivity index (χ0) is 13.8. The molecule has 2 aromatic rings. The van der Waals surface area contributed by atoms with Gasteiger partial charge in [0.05, 0.1) is 6.26 Å².